The molecule has 9 heteroatoms. The van der Waals surface area contributed by atoms with E-state index in [9.17, 15) is 14.7 Å². The van der Waals surface area contributed by atoms with E-state index in [1.165, 1.54) is 25.6 Å². The predicted octanol–water partition coefficient (Wildman–Crippen LogP) is -1.88. The number of aromatic nitrogens is 4. The average Bonchev–Trinajstić information content (AvgIpc) is 2.85. The van der Waals surface area contributed by atoms with Crippen LogP contribution in [0, 0.1) is 0 Å². The number of hydrogen-bond acceptors (Lipinski definition) is 6. The van der Waals surface area contributed by atoms with Crippen LogP contribution < -0.4 is 16.6 Å². The van der Waals surface area contributed by atoms with E-state index >= 15 is 0 Å². The molecule has 0 fully saturated rings. The normalized spacial score (nSPS) is 14.4. The summed E-state index contributed by atoms with van der Waals surface area (Å²) in [6, 6.07) is 0. The average molecular weight is 283 g/mol. The van der Waals surface area contributed by atoms with Gasteiger partial charge in [0.2, 0.25) is 5.95 Å². The molecule has 4 N–H and O–H groups in total. The Labute approximate surface area is 113 Å². The van der Waals surface area contributed by atoms with Crippen LogP contribution in [0.3, 0.4) is 0 Å². The van der Waals surface area contributed by atoms with Crippen LogP contribution in [0.25, 0.3) is 11.2 Å². The van der Waals surface area contributed by atoms with Gasteiger partial charge >= 0.3 is 5.69 Å². The molecule has 110 valence electrons. The molecule has 2 aromatic heterocycles. The fourth-order valence-corrected chi connectivity index (χ4v) is 1.74. The van der Waals surface area contributed by atoms with Gasteiger partial charge in [-0.2, -0.15) is 4.98 Å². The van der Waals surface area contributed by atoms with E-state index in [2.05, 4.69) is 15.3 Å². The monoisotopic (exact) mass is 283 g/mol. The summed E-state index contributed by atoms with van der Waals surface area (Å²) in [6.07, 6.45) is 0. The molecule has 0 saturated heterocycles. The lowest BCUT2D eigenvalue weighted by Crippen LogP contribution is -2.37. The number of H-pyrrole nitrogens is 1. The number of aliphatic hydroxyl groups is 2. The number of nitrogens with one attached hydrogen (secondary N) is 2. The molecule has 1 atom stereocenters. The first-order chi connectivity index (χ1) is 9.26. The molecule has 0 aliphatic carbocycles. The van der Waals surface area contributed by atoms with Crippen molar-refractivity contribution in [2.45, 2.75) is 12.5 Å². The molecule has 20 heavy (non-hydrogen) atoms. The molecule has 0 saturated carbocycles. The first-order valence-corrected chi connectivity index (χ1v) is 5.99. The van der Waals surface area contributed by atoms with E-state index in [0.717, 1.165) is 4.57 Å². The topological polar surface area (TPSA) is 125 Å². The Morgan fingerprint density at radius 3 is 2.60 bits per heavy atom. The van der Waals surface area contributed by atoms with E-state index in [4.69, 9.17) is 5.11 Å². The second-order valence-electron chi connectivity index (χ2n) is 5.00. The highest BCUT2D eigenvalue weighted by Crippen LogP contribution is 2.10. The number of hydrogen-bond donors (Lipinski definition) is 4. The molecule has 0 radical (unpaired) electrons. The third-order valence-corrected chi connectivity index (χ3v) is 3.07. The van der Waals surface area contributed by atoms with Crippen LogP contribution in [0.1, 0.15) is 6.92 Å². The molecule has 0 bridgehead atoms. The number of nitrogens with zero attached hydrogens (tertiary/aromatic N) is 3. The molecule has 0 aliphatic rings. The van der Waals surface area contributed by atoms with Crippen molar-refractivity contribution in [2.75, 3.05) is 18.5 Å². The van der Waals surface area contributed by atoms with Gasteiger partial charge in [0.15, 0.2) is 11.2 Å². The number of fused-ring (bicyclic) bond motifs is 1. The van der Waals surface area contributed by atoms with Crippen molar-refractivity contribution < 1.29 is 10.2 Å². The lowest BCUT2D eigenvalue weighted by atomic mass is 10.1. The highest BCUT2D eigenvalue weighted by Gasteiger charge is 2.20. The highest BCUT2D eigenvalue weighted by molar-refractivity contribution is 5.72. The van der Waals surface area contributed by atoms with Crippen LogP contribution in [0.2, 0.25) is 0 Å². The molecule has 1 unspecified atom stereocenters. The van der Waals surface area contributed by atoms with E-state index in [-0.39, 0.29) is 23.7 Å². The Morgan fingerprint density at radius 1 is 1.35 bits per heavy atom. The summed E-state index contributed by atoms with van der Waals surface area (Å²) in [5.74, 6) is 0.243. The van der Waals surface area contributed by atoms with E-state index in [1.807, 2.05) is 0 Å². The molecule has 0 amide bonds. The lowest BCUT2D eigenvalue weighted by molar-refractivity contribution is 0.0131. The zero-order valence-electron chi connectivity index (χ0n) is 11.5. The number of imidazole rings is 1. The predicted molar refractivity (Wildman–Crippen MR) is 72.8 cm³/mol. The molecule has 2 rings (SSSR count). The Kier molecular flexibility index (Phi) is 3.40. The van der Waals surface area contributed by atoms with Crippen LogP contribution in [0.4, 0.5) is 5.95 Å². The van der Waals surface area contributed by atoms with Gasteiger partial charge < -0.3 is 20.5 Å². The molecule has 0 aliphatic heterocycles. The summed E-state index contributed by atoms with van der Waals surface area (Å²) in [6.45, 7) is 1.08. The van der Waals surface area contributed by atoms with Crippen LogP contribution in [-0.4, -0.2) is 48.1 Å². The van der Waals surface area contributed by atoms with E-state index < -0.39 is 23.5 Å². The molecular formula is C11H17N5O4. The maximum Gasteiger partial charge on any atom is 0.332 e. The molecule has 0 spiro atoms. The number of rotatable bonds is 4. The van der Waals surface area contributed by atoms with Gasteiger partial charge in [0.1, 0.15) is 5.60 Å². The Bertz CT molecular complexity index is 754. The lowest BCUT2D eigenvalue weighted by Gasteiger charge is -2.19. The van der Waals surface area contributed by atoms with Gasteiger partial charge in [-0.1, -0.05) is 0 Å². The molecule has 9 nitrogen and oxygen atoms in total. The summed E-state index contributed by atoms with van der Waals surface area (Å²) in [4.78, 5) is 30.6. The van der Waals surface area contributed by atoms with Crippen LogP contribution in [0.5, 0.6) is 0 Å². The highest BCUT2D eigenvalue weighted by atomic mass is 16.3. The van der Waals surface area contributed by atoms with Gasteiger partial charge in [-0.15, -0.1) is 0 Å². The van der Waals surface area contributed by atoms with Crippen molar-refractivity contribution in [1.29, 1.82) is 0 Å². The van der Waals surface area contributed by atoms with Crippen LogP contribution in [0.15, 0.2) is 9.59 Å². The first-order valence-electron chi connectivity index (χ1n) is 5.99. The maximum atomic E-state index is 11.9. The number of aryl methyl sites for hydroxylation is 1. The Morgan fingerprint density at radius 2 is 2.00 bits per heavy atom. The van der Waals surface area contributed by atoms with Crippen LogP contribution >= 0.6 is 0 Å². The summed E-state index contributed by atoms with van der Waals surface area (Å²) < 4.78 is 2.23. The minimum Gasteiger partial charge on any atom is -0.393 e. The minimum absolute atomic E-state index is 0.0393. The molecule has 2 heterocycles. The smallest absolute Gasteiger partial charge is 0.332 e. The van der Waals surface area contributed by atoms with Gasteiger partial charge in [0.05, 0.1) is 6.61 Å². The second kappa shape index (κ2) is 4.76. The Hall–Kier alpha value is -2.13. The van der Waals surface area contributed by atoms with Crippen molar-refractivity contribution in [1.82, 2.24) is 19.1 Å². The van der Waals surface area contributed by atoms with E-state index in [0.29, 0.717) is 0 Å². The minimum atomic E-state index is -1.31. The van der Waals surface area contributed by atoms with Crippen molar-refractivity contribution in [3.8, 4) is 0 Å². The fraction of sp³-hybridized carbons (Fsp3) is 0.545. The number of aliphatic hydroxyl groups excluding tert-OH is 1. The summed E-state index contributed by atoms with van der Waals surface area (Å²) >= 11 is 0. The molecule has 2 aromatic rings. The quantitative estimate of drug-likeness (QED) is 0.520. The van der Waals surface area contributed by atoms with Gasteiger partial charge in [0.25, 0.3) is 5.56 Å². The first kappa shape index (κ1) is 14.3. The zero-order valence-corrected chi connectivity index (χ0v) is 11.5. The van der Waals surface area contributed by atoms with Gasteiger partial charge in [-0.05, 0) is 6.92 Å². The summed E-state index contributed by atoms with van der Waals surface area (Å²) in [5.41, 5.74) is -1.83. The zero-order chi connectivity index (χ0) is 15.1. The maximum absolute atomic E-state index is 11.9. The third-order valence-electron chi connectivity index (χ3n) is 3.07. The second-order valence-corrected chi connectivity index (χ2v) is 5.00. The van der Waals surface area contributed by atoms with Gasteiger partial charge in [-0.25, -0.2) is 4.79 Å². The largest absolute Gasteiger partial charge is 0.393 e. The standard InChI is InChI=1S/C11H17N5O4/c1-11(20,5-17)4-12-9-13-6-7(14-9)15(2)10(19)16(3)8(6)18/h17,20H,4-5H2,1-3H3,(H2,12,13,14). The molecular weight excluding hydrogens is 266 g/mol. The number of anilines is 1. The molecule has 0 aromatic carbocycles. The van der Waals surface area contributed by atoms with Crippen molar-refractivity contribution in [3.63, 3.8) is 0 Å². The summed E-state index contributed by atoms with van der Waals surface area (Å²) in [5, 5.41) is 21.4. The van der Waals surface area contributed by atoms with Gasteiger partial charge in [0, 0.05) is 20.6 Å². The third kappa shape index (κ3) is 2.32. The van der Waals surface area contributed by atoms with Crippen molar-refractivity contribution >= 4 is 17.1 Å². The summed E-state index contributed by atoms with van der Waals surface area (Å²) in [7, 11) is 2.90. The van der Waals surface area contributed by atoms with Gasteiger partial charge in [-0.3, -0.25) is 13.9 Å². The fourth-order valence-electron chi connectivity index (χ4n) is 1.74. The number of aromatic amines is 1. The van der Waals surface area contributed by atoms with Crippen LogP contribution in [-0.2, 0) is 14.1 Å². The van der Waals surface area contributed by atoms with Crippen molar-refractivity contribution in [3.05, 3.63) is 20.8 Å². The SMILES string of the molecule is Cn1c(=O)c2[nH]c(NCC(C)(O)CO)nc2n(C)c1=O. The van der Waals surface area contributed by atoms with Crippen molar-refractivity contribution in [2.24, 2.45) is 14.1 Å². The Balaban J connectivity index is 2.45. The van der Waals surface area contributed by atoms with E-state index in [1.54, 1.807) is 0 Å².